The molecular weight excluding hydrogens is 254 g/mol. The van der Waals surface area contributed by atoms with E-state index in [1.165, 1.54) is 7.05 Å². The summed E-state index contributed by atoms with van der Waals surface area (Å²) >= 11 is 0. The van der Waals surface area contributed by atoms with Crippen LogP contribution in [-0.4, -0.2) is 18.9 Å². The molecule has 1 unspecified atom stereocenters. The lowest BCUT2D eigenvalue weighted by molar-refractivity contribution is -0.122. The van der Waals surface area contributed by atoms with Crippen LogP contribution in [0.1, 0.15) is 38.3 Å². The number of anilines is 1. The van der Waals surface area contributed by atoms with Crippen molar-refractivity contribution in [3.63, 3.8) is 0 Å². The zero-order valence-corrected chi connectivity index (χ0v) is 12.3. The van der Waals surface area contributed by atoms with Gasteiger partial charge in [0.1, 0.15) is 6.04 Å². The number of rotatable bonds is 6. The van der Waals surface area contributed by atoms with E-state index in [2.05, 4.69) is 10.6 Å². The Hall–Kier alpha value is -1.88. The predicted octanol–water partition coefficient (Wildman–Crippen LogP) is 1.81. The summed E-state index contributed by atoms with van der Waals surface area (Å²) < 4.78 is 0. The van der Waals surface area contributed by atoms with Crippen molar-refractivity contribution in [2.75, 3.05) is 12.4 Å². The standard InChI is InChI=1S/C15H23N3O2/c1-4-10(2)9-13(19)18-12-8-6-5-7-11(12)14(16)15(20)17-3/h5-8,10,14H,4,9,16H2,1-3H3,(H,17,20)(H,18,19)/t10-,14?/m0/s1. The summed E-state index contributed by atoms with van der Waals surface area (Å²) in [6, 6.07) is 6.31. The molecule has 5 nitrogen and oxygen atoms in total. The molecule has 0 aromatic heterocycles. The fourth-order valence-corrected chi connectivity index (χ4v) is 1.84. The Morgan fingerprint density at radius 3 is 2.55 bits per heavy atom. The number of benzene rings is 1. The largest absolute Gasteiger partial charge is 0.358 e. The molecule has 4 N–H and O–H groups in total. The molecule has 0 aliphatic carbocycles. The minimum atomic E-state index is -0.792. The maximum absolute atomic E-state index is 11.9. The number of nitrogens with one attached hydrogen (secondary N) is 2. The monoisotopic (exact) mass is 277 g/mol. The van der Waals surface area contributed by atoms with Gasteiger partial charge in [-0.1, -0.05) is 38.5 Å². The molecule has 1 aromatic rings. The molecule has 0 saturated carbocycles. The van der Waals surface area contributed by atoms with E-state index in [0.717, 1.165) is 6.42 Å². The number of hydrogen-bond acceptors (Lipinski definition) is 3. The van der Waals surface area contributed by atoms with E-state index >= 15 is 0 Å². The molecule has 2 amide bonds. The molecule has 2 atom stereocenters. The minimum absolute atomic E-state index is 0.0593. The van der Waals surface area contributed by atoms with Crippen LogP contribution in [0.5, 0.6) is 0 Å². The van der Waals surface area contributed by atoms with E-state index < -0.39 is 6.04 Å². The highest BCUT2D eigenvalue weighted by molar-refractivity contribution is 5.93. The lowest BCUT2D eigenvalue weighted by Crippen LogP contribution is -2.32. The van der Waals surface area contributed by atoms with Gasteiger partial charge in [-0.15, -0.1) is 0 Å². The SMILES string of the molecule is CC[C@H](C)CC(=O)Nc1ccccc1C(N)C(=O)NC. The molecule has 0 spiro atoms. The third kappa shape index (κ3) is 4.35. The van der Waals surface area contributed by atoms with Crippen molar-refractivity contribution in [3.05, 3.63) is 29.8 Å². The number of hydrogen-bond donors (Lipinski definition) is 3. The molecule has 0 aliphatic heterocycles. The van der Waals surface area contributed by atoms with Crippen molar-refractivity contribution in [1.29, 1.82) is 0 Å². The second-order valence-corrected chi connectivity index (χ2v) is 4.94. The van der Waals surface area contributed by atoms with Crippen LogP contribution in [0.2, 0.25) is 0 Å². The fourth-order valence-electron chi connectivity index (χ4n) is 1.84. The molecule has 0 saturated heterocycles. The van der Waals surface area contributed by atoms with Crippen LogP contribution in [-0.2, 0) is 9.59 Å². The van der Waals surface area contributed by atoms with Gasteiger partial charge in [-0.25, -0.2) is 0 Å². The lowest BCUT2D eigenvalue weighted by Gasteiger charge is -2.16. The van der Waals surface area contributed by atoms with Crippen LogP contribution in [0.15, 0.2) is 24.3 Å². The molecule has 0 heterocycles. The molecule has 0 radical (unpaired) electrons. The maximum Gasteiger partial charge on any atom is 0.241 e. The van der Waals surface area contributed by atoms with E-state index in [1.54, 1.807) is 24.3 Å². The highest BCUT2D eigenvalue weighted by atomic mass is 16.2. The van der Waals surface area contributed by atoms with Gasteiger partial charge in [0.15, 0.2) is 0 Å². The van der Waals surface area contributed by atoms with Crippen LogP contribution in [0.4, 0.5) is 5.69 Å². The van der Waals surface area contributed by atoms with Crippen LogP contribution in [0.3, 0.4) is 0 Å². The van der Waals surface area contributed by atoms with Crippen molar-refractivity contribution in [1.82, 2.24) is 5.32 Å². The highest BCUT2D eigenvalue weighted by Gasteiger charge is 2.18. The number of amides is 2. The van der Waals surface area contributed by atoms with Gasteiger partial charge >= 0.3 is 0 Å². The number of likely N-dealkylation sites (N-methyl/N-ethyl adjacent to an activating group) is 1. The summed E-state index contributed by atoms with van der Waals surface area (Å²) in [5.41, 5.74) is 7.10. The van der Waals surface area contributed by atoms with Crippen molar-refractivity contribution >= 4 is 17.5 Å². The third-order valence-corrected chi connectivity index (χ3v) is 3.33. The third-order valence-electron chi connectivity index (χ3n) is 3.33. The lowest BCUT2D eigenvalue weighted by atomic mass is 10.0. The molecule has 110 valence electrons. The molecular formula is C15H23N3O2. The van der Waals surface area contributed by atoms with Gasteiger partial charge in [-0.3, -0.25) is 9.59 Å². The second kappa shape index (κ2) is 7.65. The van der Waals surface area contributed by atoms with Crippen LogP contribution < -0.4 is 16.4 Å². The van der Waals surface area contributed by atoms with E-state index in [-0.39, 0.29) is 11.8 Å². The topological polar surface area (TPSA) is 84.2 Å². The maximum atomic E-state index is 11.9. The van der Waals surface area contributed by atoms with Crippen LogP contribution in [0, 0.1) is 5.92 Å². The molecule has 20 heavy (non-hydrogen) atoms. The van der Waals surface area contributed by atoms with Gasteiger partial charge in [0, 0.05) is 24.7 Å². The Labute approximate surface area is 119 Å². The summed E-state index contributed by atoms with van der Waals surface area (Å²) in [4.78, 5) is 23.6. The quantitative estimate of drug-likeness (QED) is 0.741. The van der Waals surface area contributed by atoms with E-state index in [9.17, 15) is 9.59 Å². The predicted molar refractivity (Wildman–Crippen MR) is 80.1 cm³/mol. The number of nitrogens with two attached hydrogens (primary N) is 1. The van der Waals surface area contributed by atoms with Gasteiger partial charge in [0.05, 0.1) is 0 Å². The first-order valence-corrected chi connectivity index (χ1v) is 6.85. The van der Waals surface area contributed by atoms with Crippen molar-refractivity contribution in [2.45, 2.75) is 32.7 Å². The minimum Gasteiger partial charge on any atom is -0.358 e. The van der Waals surface area contributed by atoms with E-state index in [4.69, 9.17) is 5.73 Å². The fraction of sp³-hybridized carbons (Fsp3) is 0.467. The Morgan fingerprint density at radius 1 is 1.30 bits per heavy atom. The zero-order chi connectivity index (χ0) is 15.1. The van der Waals surface area contributed by atoms with Crippen molar-refractivity contribution < 1.29 is 9.59 Å². The van der Waals surface area contributed by atoms with Gasteiger partial charge in [0.25, 0.3) is 0 Å². The average molecular weight is 277 g/mol. The Bertz CT molecular complexity index is 474. The number of carbonyl (C=O) groups excluding carboxylic acids is 2. The summed E-state index contributed by atoms with van der Waals surface area (Å²) in [5.74, 6) is -0.0145. The van der Waals surface area contributed by atoms with Crippen LogP contribution in [0.25, 0.3) is 0 Å². The molecule has 0 fully saturated rings. The summed E-state index contributed by atoms with van der Waals surface area (Å²) in [7, 11) is 1.53. The number of carbonyl (C=O) groups is 2. The first kappa shape index (κ1) is 16.2. The van der Waals surface area contributed by atoms with Gasteiger partial charge in [-0.2, -0.15) is 0 Å². The number of para-hydroxylation sites is 1. The van der Waals surface area contributed by atoms with Crippen LogP contribution >= 0.6 is 0 Å². The smallest absolute Gasteiger partial charge is 0.241 e. The Morgan fingerprint density at radius 2 is 1.95 bits per heavy atom. The first-order chi connectivity index (χ1) is 9.49. The first-order valence-electron chi connectivity index (χ1n) is 6.85. The van der Waals surface area contributed by atoms with Gasteiger partial charge < -0.3 is 16.4 Å². The van der Waals surface area contributed by atoms with Crippen molar-refractivity contribution in [2.24, 2.45) is 11.7 Å². The molecule has 1 rings (SSSR count). The summed E-state index contributed by atoms with van der Waals surface area (Å²) in [5, 5.41) is 5.35. The zero-order valence-electron chi connectivity index (χ0n) is 12.3. The average Bonchev–Trinajstić information content (AvgIpc) is 2.45. The summed E-state index contributed by atoms with van der Waals surface area (Å²) in [6.07, 6.45) is 1.41. The van der Waals surface area contributed by atoms with E-state index in [1.807, 2.05) is 13.8 Å². The highest BCUT2D eigenvalue weighted by Crippen LogP contribution is 2.22. The van der Waals surface area contributed by atoms with E-state index in [0.29, 0.717) is 23.6 Å². The van der Waals surface area contributed by atoms with Gasteiger partial charge in [0.2, 0.25) is 11.8 Å². The molecule has 1 aromatic carbocycles. The molecule has 0 aliphatic rings. The van der Waals surface area contributed by atoms with Gasteiger partial charge in [-0.05, 0) is 12.0 Å². The molecule has 5 heteroatoms. The Kier molecular flexibility index (Phi) is 6.18. The Balaban J connectivity index is 2.85. The van der Waals surface area contributed by atoms with Crippen molar-refractivity contribution in [3.8, 4) is 0 Å². The normalized spacial score (nSPS) is 13.4. The second-order valence-electron chi connectivity index (χ2n) is 4.94. The summed E-state index contributed by atoms with van der Waals surface area (Å²) in [6.45, 7) is 4.08. The molecule has 0 bridgehead atoms.